The van der Waals surface area contributed by atoms with Gasteiger partial charge in [0.05, 0.1) is 6.54 Å². The van der Waals surface area contributed by atoms with E-state index in [0.717, 1.165) is 12.8 Å². The molecule has 1 aliphatic rings. The lowest BCUT2D eigenvalue weighted by Gasteiger charge is -2.39. The molecule has 0 radical (unpaired) electrons. The normalized spacial score (nSPS) is 22.6. The Bertz CT molecular complexity index is 313. The lowest BCUT2D eigenvalue weighted by atomic mass is 9.95. The molecule has 18 heavy (non-hydrogen) atoms. The first-order valence-corrected chi connectivity index (χ1v) is 6.96. The van der Waals surface area contributed by atoms with Gasteiger partial charge < -0.3 is 10.2 Å². The Morgan fingerprint density at radius 1 is 1.28 bits per heavy atom. The molecule has 1 N–H and O–H groups in total. The molecule has 2 amide bonds. The average Bonchev–Trinajstić information content (AvgIpc) is 2.24. The zero-order chi connectivity index (χ0) is 13.9. The molecular formula is C14H26N2O2. The fourth-order valence-electron chi connectivity index (χ4n) is 2.70. The molecule has 1 fully saturated rings. The summed E-state index contributed by atoms with van der Waals surface area (Å²) in [5.41, 5.74) is 0. The van der Waals surface area contributed by atoms with E-state index in [1.807, 2.05) is 0 Å². The van der Waals surface area contributed by atoms with E-state index in [1.165, 1.54) is 0 Å². The summed E-state index contributed by atoms with van der Waals surface area (Å²) < 4.78 is 0. The summed E-state index contributed by atoms with van der Waals surface area (Å²) in [5, 5.41) is 2.82. The molecular weight excluding hydrogens is 228 g/mol. The van der Waals surface area contributed by atoms with E-state index in [0.29, 0.717) is 11.8 Å². The van der Waals surface area contributed by atoms with Crippen LogP contribution in [0.4, 0.5) is 0 Å². The van der Waals surface area contributed by atoms with Crippen LogP contribution in [0.3, 0.4) is 0 Å². The Balaban J connectivity index is 2.84. The second-order valence-electron chi connectivity index (χ2n) is 5.94. The van der Waals surface area contributed by atoms with Crippen molar-refractivity contribution in [3.8, 4) is 0 Å². The summed E-state index contributed by atoms with van der Waals surface area (Å²) in [5.74, 6) is 0.839. The first kappa shape index (κ1) is 15.0. The van der Waals surface area contributed by atoms with E-state index in [4.69, 9.17) is 0 Å². The van der Waals surface area contributed by atoms with Crippen molar-refractivity contribution in [2.45, 2.75) is 59.5 Å². The summed E-state index contributed by atoms with van der Waals surface area (Å²) in [7, 11) is 0. The Morgan fingerprint density at radius 2 is 1.89 bits per heavy atom. The lowest BCUT2D eigenvalue weighted by Crippen LogP contribution is -2.61. The molecule has 104 valence electrons. The zero-order valence-corrected chi connectivity index (χ0v) is 12.2. The second kappa shape index (κ2) is 6.21. The van der Waals surface area contributed by atoms with Gasteiger partial charge in [-0.2, -0.15) is 0 Å². The van der Waals surface area contributed by atoms with Crippen LogP contribution in [0.1, 0.15) is 47.5 Å². The van der Waals surface area contributed by atoms with E-state index in [1.54, 1.807) is 4.90 Å². The second-order valence-corrected chi connectivity index (χ2v) is 5.94. The maximum atomic E-state index is 12.4. The largest absolute Gasteiger partial charge is 0.343 e. The highest BCUT2D eigenvalue weighted by molar-refractivity contribution is 5.95. The van der Waals surface area contributed by atoms with E-state index in [-0.39, 0.29) is 30.4 Å². The van der Waals surface area contributed by atoms with E-state index in [9.17, 15) is 9.59 Å². The van der Waals surface area contributed by atoms with Crippen LogP contribution in [0.2, 0.25) is 0 Å². The number of amides is 2. The number of hydrogen-bond donors (Lipinski definition) is 1. The minimum Gasteiger partial charge on any atom is -0.343 e. The molecule has 0 saturated carbocycles. The molecule has 0 spiro atoms. The highest BCUT2D eigenvalue weighted by Crippen LogP contribution is 2.20. The van der Waals surface area contributed by atoms with Gasteiger partial charge in [0.25, 0.3) is 0 Å². The van der Waals surface area contributed by atoms with Crippen molar-refractivity contribution in [3.05, 3.63) is 0 Å². The molecule has 0 aromatic carbocycles. The van der Waals surface area contributed by atoms with Gasteiger partial charge in [0.1, 0.15) is 6.04 Å². The van der Waals surface area contributed by atoms with Crippen molar-refractivity contribution < 1.29 is 9.59 Å². The van der Waals surface area contributed by atoms with Gasteiger partial charge in [-0.15, -0.1) is 0 Å². The quantitative estimate of drug-likeness (QED) is 0.813. The highest BCUT2D eigenvalue weighted by Gasteiger charge is 2.36. The molecule has 0 aromatic rings. The third-order valence-electron chi connectivity index (χ3n) is 3.53. The molecule has 0 bridgehead atoms. The maximum absolute atomic E-state index is 12.4. The topological polar surface area (TPSA) is 49.4 Å². The smallest absolute Gasteiger partial charge is 0.245 e. The van der Waals surface area contributed by atoms with Crippen molar-refractivity contribution in [3.63, 3.8) is 0 Å². The van der Waals surface area contributed by atoms with Crippen LogP contribution in [-0.2, 0) is 9.59 Å². The van der Waals surface area contributed by atoms with Crippen LogP contribution in [0.5, 0.6) is 0 Å². The molecule has 4 heteroatoms. The molecule has 1 heterocycles. The third kappa shape index (κ3) is 3.47. The minimum absolute atomic E-state index is 0.0284. The fourth-order valence-corrected chi connectivity index (χ4v) is 2.70. The molecule has 2 atom stereocenters. The number of carbonyl (C=O) groups excluding carboxylic acids is 2. The lowest BCUT2D eigenvalue weighted by molar-refractivity contribution is -0.148. The zero-order valence-electron chi connectivity index (χ0n) is 12.2. The standard InChI is InChI=1S/C14H26N2O2/c1-6-12(10(4)5)16-8-13(17)15-11(14(16)18)7-9(2)3/h9-12H,6-8H2,1-5H3,(H,15,17). The number of piperazine rings is 1. The fraction of sp³-hybridized carbons (Fsp3) is 0.857. The SMILES string of the molecule is CCC(C(C)C)N1CC(=O)NC(CC(C)C)C1=O. The van der Waals surface area contributed by atoms with Gasteiger partial charge in [-0.05, 0) is 24.7 Å². The van der Waals surface area contributed by atoms with Crippen molar-refractivity contribution >= 4 is 11.8 Å². The van der Waals surface area contributed by atoms with Gasteiger partial charge in [-0.25, -0.2) is 0 Å². The van der Waals surface area contributed by atoms with Gasteiger partial charge in [0.2, 0.25) is 11.8 Å². The molecule has 1 rings (SSSR count). The van der Waals surface area contributed by atoms with Gasteiger partial charge in [0, 0.05) is 6.04 Å². The monoisotopic (exact) mass is 254 g/mol. The molecule has 0 aliphatic carbocycles. The number of nitrogens with zero attached hydrogens (tertiary/aromatic N) is 1. The first-order valence-electron chi connectivity index (χ1n) is 6.96. The van der Waals surface area contributed by atoms with E-state index >= 15 is 0 Å². The van der Waals surface area contributed by atoms with Crippen LogP contribution >= 0.6 is 0 Å². The summed E-state index contributed by atoms with van der Waals surface area (Å²) in [6.45, 7) is 10.6. The minimum atomic E-state index is -0.334. The van der Waals surface area contributed by atoms with Crippen LogP contribution < -0.4 is 5.32 Å². The Labute approximate surface area is 110 Å². The maximum Gasteiger partial charge on any atom is 0.245 e. The first-order chi connectivity index (χ1) is 8.36. The molecule has 1 aliphatic heterocycles. The molecule has 1 saturated heterocycles. The van der Waals surface area contributed by atoms with Crippen molar-refractivity contribution in [1.29, 1.82) is 0 Å². The third-order valence-corrected chi connectivity index (χ3v) is 3.53. The summed E-state index contributed by atoms with van der Waals surface area (Å²) in [6, 6.07) is -0.169. The summed E-state index contributed by atoms with van der Waals surface area (Å²) >= 11 is 0. The van der Waals surface area contributed by atoms with Crippen LogP contribution in [0, 0.1) is 11.8 Å². The Morgan fingerprint density at radius 3 is 2.33 bits per heavy atom. The molecule has 2 unspecified atom stereocenters. The van der Waals surface area contributed by atoms with E-state index < -0.39 is 0 Å². The number of rotatable bonds is 5. The Hall–Kier alpha value is -1.06. The van der Waals surface area contributed by atoms with Crippen molar-refractivity contribution in [2.24, 2.45) is 11.8 Å². The van der Waals surface area contributed by atoms with Gasteiger partial charge >= 0.3 is 0 Å². The van der Waals surface area contributed by atoms with Crippen LogP contribution in [-0.4, -0.2) is 35.3 Å². The number of hydrogen-bond acceptors (Lipinski definition) is 2. The molecule has 4 nitrogen and oxygen atoms in total. The Kier molecular flexibility index (Phi) is 5.17. The van der Waals surface area contributed by atoms with Crippen molar-refractivity contribution in [2.75, 3.05) is 6.54 Å². The predicted molar refractivity (Wildman–Crippen MR) is 72.0 cm³/mol. The highest BCUT2D eigenvalue weighted by atomic mass is 16.2. The van der Waals surface area contributed by atoms with Gasteiger partial charge in [-0.3, -0.25) is 9.59 Å². The number of nitrogens with one attached hydrogen (secondary N) is 1. The van der Waals surface area contributed by atoms with Crippen LogP contribution in [0.25, 0.3) is 0 Å². The predicted octanol–water partition coefficient (Wildman–Crippen LogP) is 1.79. The van der Waals surface area contributed by atoms with Crippen LogP contribution in [0.15, 0.2) is 0 Å². The van der Waals surface area contributed by atoms with Gasteiger partial charge in [0.15, 0.2) is 0 Å². The van der Waals surface area contributed by atoms with E-state index in [2.05, 4.69) is 39.9 Å². The number of carbonyl (C=O) groups is 2. The average molecular weight is 254 g/mol. The summed E-state index contributed by atoms with van der Waals surface area (Å²) in [6.07, 6.45) is 1.61. The van der Waals surface area contributed by atoms with Crippen molar-refractivity contribution in [1.82, 2.24) is 10.2 Å². The van der Waals surface area contributed by atoms with Gasteiger partial charge in [-0.1, -0.05) is 34.6 Å². The summed E-state index contributed by atoms with van der Waals surface area (Å²) in [4.78, 5) is 25.9. The molecule has 0 aromatic heterocycles.